The third-order valence-electron chi connectivity index (χ3n) is 6.74. The van der Waals surface area contributed by atoms with Crippen LogP contribution in [0.2, 0.25) is 5.02 Å². The van der Waals surface area contributed by atoms with Crippen molar-refractivity contribution in [2.45, 2.75) is 57.4 Å². The van der Waals surface area contributed by atoms with Gasteiger partial charge in [-0.05, 0) is 62.1 Å². The third kappa shape index (κ3) is 4.58. The first-order valence-corrected chi connectivity index (χ1v) is 12.1. The molecule has 1 saturated heterocycles. The molecular formula is C24H29ClN6O. The third-order valence-corrected chi connectivity index (χ3v) is 6.99. The summed E-state index contributed by atoms with van der Waals surface area (Å²) in [6.07, 6.45) is 9.03. The Morgan fingerprint density at radius 1 is 0.906 bits per heavy atom. The van der Waals surface area contributed by atoms with Crippen molar-refractivity contribution >= 4 is 29.0 Å². The highest BCUT2D eigenvalue weighted by Gasteiger charge is 2.27. The van der Waals surface area contributed by atoms with E-state index >= 15 is 0 Å². The molecule has 1 amide bonds. The van der Waals surface area contributed by atoms with Crippen molar-refractivity contribution in [1.82, 2.24) is 25.1 Å². The second-order valence-electron chi connectivity index (χ2n) is 8.95. The molecule has 1 aliphatic carbocycles. The van der Waals surface area contributed by atoms with Gasteiger partial charge >= 0.3 is 0 Å². The Kier molecular flexibility index (Phi) is 6.26. The highest BCUT2D eigenvalue weighted by atomic mass is 35.5. The number of rotatable bonds is 4. The van der Waals surface area contributed by atoms with E-state index in [2.05, 4.69) is 20.4 Å². The molecule has 2 fully saturated rings. The van der Waals surface area contributed by atoms with E-state index in [1.54, 1.807) is 4.52 Å². The molecule has 0 spiro atoms. The van der Waals surface area contributed by atoms with E-state index in [0.29, 0.717) is 22.5 Å². The van der Waals surface area contributed by atoms with Crippen molar-refractivity contribution in [2.75, 3.05) is 18.0 Å². The Morgan fingerprint density at radius 3 is 2.34 bits per heavy atom. The lowest BCUT2D eigenvalue weighted by molar-refractivity contribution is -0.126. The highest BCUT2D eigenvalue weighted by molar-refractivity contribution is 6.30. The van der Waals surface area contributed by atoms with Gasteiger partial charge in [0.05, 0.1) is 0 Å². The topological polar surface area (TPSA) is 75.4 Å². The molecule has 3 heterocycles. The smallest absolute Gasteiger partial charge is 0.223 e. The maximum atomic E-state index is 12.8. The average molecular weight is 453 g/mol. The van der Waals surface area contributed by atoms with E-state index in [1.165, 1.54) is 25.7 Å². The number of nitrogens with one attached hydrogen (secondary N) is 1. The highest BCUT2D eigenvalue weighted by Crippen LogP contribution is 2.25. The first-order valence-electron chi connectivity index (χ1n) is 11.7. The molecule has 7 nitrogen and oxygen atoms in total. The summed E-state index contributed by atoms with van der Waals surface area (Å²) < 4.78 is 1.78. The Balaban J connectivity index is 1.25. The molecular weight excluding hydrogens is 424 g/mol. The van der Waals surface area contributed by atoms with E-state index in [9.17, 15) is 4.79 Å². The van der Waals surface area contributed by atoms with Crippen molar-refractivity contribution in [2.24, 2.45) is 5.92 Å². The Labute approximate surface area is 193 Å². The van der Waals surface area contributed by atoms with Crippen molar-refractivity contribution < 1.29 is 4.79 Å². The molecule has 0 unspecified atom stereocenters. The number of carbonyl (C=O) groups excluding carboxylic acids is 1. The van der Waals surface area contributed by atoms with Crippen molar-refractivity contribution in [1.29, 1.82) is 0 Å². The van der Waals surface area contributed by atoms with Gasteiger partial charge in [0.15, 0.2) is 11.5 Å². The van der Waals surface area contributed by atoms with Crippen LogP contribution in [-0.2, 0) is 4.79 Å². The molecule has 168 valence electrons. The Morgan fingerprint density at radius 2 is 1.62 bits per heavy atom. The number of amides is 1. The van der Waals surface area contributed by atoms with Crippen LogP contribution in [0.3, 0.4) is 0 Å². The SMILES string of the molecule is O=C(NC1CCCCCC1)C1CCN(c2ccc3nnc(-c4ccc(Cl)cc4)n3n2)CC1. The summed E-state index contributed by atoms with van der Waals surface area (Å²) in [7, 11) is 0. The number of halogens is 1. The number of hydrogen-bond acceptors (Lipinski definition) is 5. The summed E-state index contributed by atoms with van der Waals surface area (Å²) >= 11 is 6.02. The van der Waals surface area contributed by atoms with Crippen LogP contribution in [-0.4, -0.2) is 44.8 Å². The van der Waals surface area contributed by atoms with Gasteiger partial charge in [-0.3, -0.25) is 4.79 Å². The summed E-state index contributed by atoms with van der Waals surface area (Å²) in [6, 6.07) is 11.8. The van der Waals surface area contributed by atoms with Gasteiger partial charge in [-0.25, -0.2) is 0 Å². The fourth-order valence-corrected chi connectivity index (χ4v) is 4.97. The summed E-state index contributed by atoms with van der Waals surface area (Å²) in [5.41, 5.74) is 1.62. The molecule has 1 N–H and O–H groups in total. The molecule has 2 aliphatic rings. The summed E-state index contributed by atoms with van der Waals surface area (Å²) in [5.74, 6) is 1.91. The first kappa shape index (κ1) is 21.2. The molecule has 8 heteroatoms. The van der Waals surface area contributed by atoms with Crippen molar-refractivity contribution in [3.8, 4) is 11.4 Å². The van der Waals surface area contributed by atoms with E-state index in [-0.39, 0.29) is 11.8 Å². The molecule has 0 radical (unpaired) electrons. The number of anilines is 1. The van der Waals surface area contributed by atoms with Crippen LogP contribution in [0.5, 0.6) is 0 Å². The van der Waals surface area contributed by atoms with Crippen LogP contribution < -0.4 is 10.2 Å². The first-order chi connectivity index (χ1) is 15.7. The number of benzene rings is 1. The standard InChI is InChI=1S/C24H29ClN6O/c25-19-9-7-17(8-10-19)23-28-27-21-11-12-22(29-31(21)23)30-15-13-18(14-16-30)24(32)26-20-5-3-1-2-4-6-20/h7-12,18,20H,1-6,13-16H2,(H,26,32). The lowest BCUT2D eigenvalue weighted by Gasteiger charge is -2.32. The van der Waals surface area contributed by atoms with Crippen LogP contribution in [0.25, 0.3) is 17.0 Å². The molecule has 1 aliphatic heterocycles. The van der Waals surface area contributed by atoms with Crippen LogP contribution >= 0.6 is 11.6 Å². The minimum atomic E-state index is 0.0952. The normalized spacial score (nSPS) is 18.6. The van der Waals surface area contributed by atoms with Gasteiger partial charge in [0.2, 0.25) is 5.91 Å². The summed E-state index contributed by atoms with van der Waals surface area (Å²) in [4.78, 5) is 15.1. The Hall–Kier alpha value is -2.67. The fraction of sp³-hybridized carbons (Fsp3) is 0.500. The van der Waals surface area contributed by atoms with E-state index in [4.69, 9.17) is 16.7 Å². The van der Waals surface area contributed by atoms with Gasteiger partial charge in [-0.15, -0.1) is 15.3 Å². The number of fused-ring (bicyclic) bond motifs is 1. The second-order valence-corrected chi connectivity index (χ2v) is 9.39. The molecule has 1 aromatic carbocycles. The van der Waals surface area contributed by atoms with Gasteiger partial charge in [0.25, 0.3) is 0 Å². The zero-order valence-electron chi connectivity index (χ0n) is 18.2. The molecule has 5 rings (SSSR count). The molecule has 0 bridgehead atoms. The molecule has 2 aromatic heterocycles. The summed E-state index contributed by atoms with van der Waals surface area (Å²) in [6.45, 7) is 1.64. The molecule has 32 heavy (non-hydrogen) atoms. The van der Waals surface area contributed by atoms with Crippen LogP contribution in [0.1, 0.15) is 51.4 Å². The predicted molar refractivity (Wildman–Crippen MR) is 126 cm³/mol. The average Bonchev–Trinajstić information content (AvgIpc) is 3.07. The van der Waals surface area contributed by atoms with Crippen molar-refractivity contribution in [3.05, 3.63) is 41.4 Å². The van der Waals surface area contributed by atoms with E-state index in [1.807, 2.05) is 36.4 Å². The monoisotopic (exact) mass is 452 g/mol. The second kappa shape index (κ2) is 9.45. The Bertz CT molecular complexity index is 1070. The molecule has 3 aromatic rings. The maximum Gasteiger partial charge on any atom is 0.223 e. The predicted octanol–water partition coefficient (Wildman–Crippen LogP) is 4.50. The zero-order chi connectivity index (χ0) is 21.9. The molecule has 1 saturated carbocycles. The number of aromatic nitrogens is 4. The van der Waals surface area contributed by atoms with Crippen molar-refractivity contribution in [3.63, 3.8) is 0 Å². The quantitative estimate of drug-likeness (QED) is 0.590. The van der Waals surface area contributed by atoms with Gasteiger partial charge < -0.3 is 10.2 Å². The number of carbonyl (C=O) groups is 1. The number of nitrogens with zero attached hydrogens (tertiary/aromatic N) is 5. The molecule has 0 atom stereocenters. The van der Waals surface area contributed by atoms with Crippen LogP contribution in [0, 0.1) is 5.92 Å². The number of piperidine rings is 1. The summed E-state index contributed by atoms with van der Waals surface area (Å²) in [5, 5.41) is 17.4. The van der Waals surface area contributed by atoms with Gasteiger partial charge in [-0.2, -0.15) is 4.52 Å². The lowest BCUT2D eigenvalue weighted by Crippen LogP contribution is -2.44. The maximum absolute atomic E-state index is 12.8. The van der Waals surface area contributed by atoms with Gasteiger partial charge in [0.1, 0.15) is 5.82 Å². The largest absolute Gasteiger partial charge is 0.355 e. The fourth-order valence-electron chi connectivity index (χ4n) is 4.84. The van der Waals surface area contributed by atoms with Crippen LogP contribution in [0.15, 0.2) is 36.4 Å². The number of hydrogen-bond donors (Lipinski definition) is 1. The minimum Gasteiger partial charge on any atom is -0.355 e. The zero-order valence-corrected chi connectivity index (χ0v) is 19.0. The van der Waals surface area contributed by atoms with E-state index < -0.39 is 0 Å². The minimum absolute atomic E-state index is 0.0952. The van der Waals surface area contributed by atoms with Crippen LogP contribution in [0.4, 0.5) is 5.82 Å². The van der Waals surface area contributed by atoms with Gasteiger partial charge in [-0.1, -0.05) is 37.3 Å². The van der Waals surface area contributed by atoms with E-state index in [0.717, 1.165) is 50.2 Å². The lowest BCUT2D eigenvalue weighted by atomic mass is 9.95. The van der Waals surface area contributed by atoms with Gasteiger partial charge in [0, 0.05) is 35.6 Å².